The summed E-state index contributed by atoms with van der Waals surface area (Å²) in [4.78, 5) is 46.0. The molecule has 4 aliphatic heterocycles. The highest BCUT2D eigenvalue weighted by atomic mass is 16.6. The van der Waals surface area contributed by atoms with Gasteiger partial charge in [-0.15, -0.1) is 0 Å². The number of hydrogen-bond acceptors (Lipinski definition) is 7. The molecule has 3 amide bonds. The van der Waals surface area contributed by atoms with Crippen molar-refractivity contribution in [1.29, 1.82) is 0 Å². The van der Waals surface area contributed by atoms with E-state index in [1.807, 2.05) is 157 Å². The van der Waals surface area contributed by atoms with Gasteiger partial charge in [-0.2, -0.15) is 0 Å². The third kappa shape index (κ3) is 9.95. The van der Waals surface area contributed by atoms with Crippen LogP contribution in [-0.4, -0.2) is 49.0 Å². The highest BCUT2D eigenvalue weighted by Crippen LogP contribution is 2.46. The SMILES string of the molecule is Cc1cc2c(c(C3=CCN(C(=O)OCc4ccccc4)CC3)c1)Oc1ccccc1N(Cc1ccccc1)C2=O.Cc1cc2c(c(C3CCNCC3)c1)Oc1ccccc1N(Cc1ccccc1)C2=O. The Balaban J connectivity index is 0.000000169. The number of piperidine rings is 1. The van der Waals surface area contributed by atoms with Crippen LogP contribution in [0.1, 0.15) is 84.8 Å². The number of amides is 3. The van der Waals surface area contributed by atoms with E-state index in [2.05, 4.69) is 36.5 Å². The van der Waals surface area contributed by atoms with E-state index in [1.165, 1.54) is 0 Å². The first-order chi connectivity index (χ1) is 34.3. The van der Waals surface area contributed by atoms with Gasteiger partial charge in [0, 0.05) is 18.7 Å². The summed E-state index contributed by atoms with van der Waals surface area (Å²) in [5.74, 6) is 2.97. The Labute approximate surface area is 409 Å². The van der Waals surface area contributed by atoms with Crippen LogP contribution in [0.5, 0.6) is 23.0 Å². The zero-order valence-corrected chi connectivity index (χ0v) is 39.6. The number of carbonyl (C=O) groups excluding carboxylic acids is 3. The fraction of sp³-hybridized carbons (Fsp3) is 0.217. The average Bonchev–Trinajstić information content (AvgIpc) is 3.59. The number of para-hydroxylation sites is 4. The van der Waals surface area contributed by atoms with Crippen molar-refractivity contribution in [2.75, 3.05) is 36.0 Å². The summed E-state index contributed by atoms with van der Waals surface area (Å²) in [6.07, 6.45) is 4.45. The second-order valence-electron chi connectivity index (χ2n) is 18.3. The van der Waals surface area contributed by atoms with Gasteiger partial charge < -0.3 is 34.2 Å². The summed E-state index contributed by atoms with van der Waals surface area (Å²) in [5, 5.41) is 3.43. The molecule has 1 N–H and O–H groups in total. The Hall–Kier alpha value is -7.95. The molecule has 1 fully saturated rings. The molecule has 11 rings (SSSR count). The third-order valence-corrected chi connectivity index (χ3v) is 13.3. The Bertz CT molecular complexity index is 3060. The molecule has 0 bridgehead atoms. The lowest BCUT2D eigenvalue weighted by atomic mass is 9.87. The van der Waals surface area contributed by atoms with Crippen molar-refractivity contribution < 1.29 is 28.6 Å². The van der Waals surface area contributed by atoms with Gasteiger partial charge in [-0.3, -0.25) is 9.59 Å². The van der Waals surface area contributed by atoms with Crippen molar-refractivity contribution in [2.24, 2.45) is 0 Å². The van der Waals surface area contributed by atoms with Crippen LogP contribution >= 0.6 is 0 Å². The van der Waals surface area contributed by atoms with Gasteiger partial charge in [-0.25, -0.2) is 4.79 Å². The molecule has 4 heterocycles. The normalized spacial score (nSPS) is 15.3. The largest absolute Gasteiger partial charge is 0.454 e. The monoisotopic (exact) mass is 928 g/mol. The predicted octanol–water partition coefficient (Wildman–Crippen LogP) is 12.8. The maximum absolute atomic E-state index is 14.1. The number of fused-ring (bicyclic) bond motifs is 4. The van der Waals surface area contributed by atoms with Gasteiger partial charge in [-0.05, 0) is 134 Å². The van der Waals surface area contributed by atoms with Crippen molar-refractivity contribution in [2.45, 2.75) is 58.7 Å². The molecular weight excluding hydrogens is 873 g/mol. The zero-order valence-electron chi connectivity index (χ0n) is 39.6. The van der Waals surface area contributed by atoms with Gasteiger partial charge in [0.05, 0.1) is 35.6 Å². The topological polar surface area (TPSA) is 101 Å². The Morgan fingerprint density at radius 1 is 0.600 bits per heavy atom. The predicted molar refractivity (Wildman–Crippen MR) is 275 cm³/mol. The molecule has 7 aromatic rings. The summed E-state index contributed by atoms with van der Waals surface area (Å²) in [6, 6.07) is 53.4. The minimum absolute atomic E-state index is 0.00214. The molecule has 0 aliphatic carbocycles. The number of nitrogens with zero attached hydrogens (tertiary/aromatic N) is 3. The lowest BCUT2D eigenvalue weighted by Crippen LogP contribution is -2.35. The highest BCUT2D eigenvalue weighted by molar-refractivity contribution is 6.11. The molecule has 0 saturated carbocycles. The van der Waals surface area contributed by atoms with Gasteiger partial charge in [0.25, 0.3) is 11.8 Å². The maximum Gasteiger partial charge on any atom is 0.410 e. The van der Waals surface area contributed by atoms with Crippen LogP contribution in [0.15, 0.2) is 170 Å². The number of rotatable bonds is 8. The van der Waals surface area contributed by atoms with Crippen molar-refractivity contribution in [1.82, 2.24) is 10.2 Å². The summed E-state index contributed by atoms with van der Waals surface area (Å²) >= 11 is 0. The Morgan fingerprint density at radius 2 is 1.09 bits per heavy atom. The number of benzene rings is 7. The Morgan fingerprint density at radius 3 is 1.64 bits per heavy atom. The number of hydrogen-bond donors (Lipinski definition) is 1. The highest BCUT2D eigenvalue weighted by Gasteiger charge is 2.34. The molecular formula is C60H56N4O6. The summed E-state index contributed by atoms with van der Waals surface area (Å²) in [5.41, 5.74) is 11.0. The molecule has 4 aliphatic rings. The molecule has 10 nitrogen and oxygen atoms in total. The minimum atomic E-state index is -0.334. The second-order valence-corrected chi connectivity index (χ2v) is 18.3. The van der Waals surface area contributed by atoms with E-state index < -0.39 is 0 Å². The Kier molecular flexibility index (Phi) is 13.6. The first kappa shape index (κ1) is 45.8. The van der Waals surface area contributed by atoms with Gasteiger partial charge in [-0.1, -0.05) is 127 Å². The van der Waals surface area contributed by atoms with E-state index in [1.54, 1.807) is 9.80 Å². The first-order valence-corrected chi connectivity index (χ1v) is 24.2. The van der Waals surface area contributed by atoms with Gasteiger partial charge in [0.15, 0.2) is 11.5 Å². The number of aryl methyl sites for hydroxylation is 2. The second kappa shape index (κ2) is 20.7. The molecule has 0 radical (unpaired) electrons. The van der Waals surface area contributed by atoms with Crippen molar-refractivity contribution in [3.8, 4) is 23.0 Å². The van der Waals surface area contributed by atoms with Crippen LogP contribution in [0, 0.1) is 13.8 Å². The van der Waals surface area contributed by atoms with Gasteiger partial charge in [0.2, 0.25) is 0 Å². The molecule has 1 saturated heterocycles. The van der Waals surface area contributed by atoms with Crippen LogP contribution in [0.25, 0.3) is 5.57 Å². The van der Waals surface area contributed by atoms with E-state index >= 15 is 0 Å². The van der Waals surface area contributed by atoms with E-state index in [0.717, 1.165) is 93.3 Å². The fourth-order valence-corrected chi connectivity index (χ4v) is 9.79. The van der Waals surface area contributed by atoms with Crippen LogP contribution in [-0.2, 0) is 24.4 Å². The third-order valence-electron chi connectivity index (χ3n) is 13.3. The smallest absolute Gasteiger partial charge is 0.410 e. The average molecular weight is 929 g/mol. The maximum atomic E-state index is 14.1. The zero-order chi connectivity index (χ0) is 48.0. The van der Waals surface area contributed by atoms with Crippen molar-refractivity contribution >= 4 is 34.9 Å². The quantitative estimate of drug-likeness (QED) is 0.162. The number of nitrogens with one attached hydrogen (secondary N) is 1. The van der Waals surface area contributed by atoms with E-state index in [4.69, 9.17) is 14.2 Å². The molecule has 70 heavy (non-hydrogen) atoms. The minimum Gasteiger partial charge on any atom is -0.454 e. The van der Waals surface area contributed by atoms with Crippen LogP contribution in [0.4, 0.5) is 16.2 Å². The van der Waals surface area contributed by atoms with Crippen molar-refractivity contribution in [3.05, 3.63) is 220 Å². The molecule has 0 aromatic heterocycles. The standard InChI is InChI=1S/C34H30N2O4.C26H26N2O2/c1-24-20-28(27-16-18-35(19-17-27)34(38)39-23-26-12-6-3-7-13-26)32-29(21-24)33(37)36(22-25-10-4-2-5-11-25)30-14-8-9-15-31(30)40-32;1-18-15-21(20-11-13-27-14-12-20)25-22(16-18)26(29)28(17-19-7-3-2-4-8-19)23-9-5-6-10-24(23)30-25/h2-16,20-21H,17-19,22-23H2,1H3;2-10,15-16,20,27H,11-14,17H2,1H3. The van der Waals surface area contributed by atoms with Crippen molar-refractivity contribution in [3.63, 3.8) is 0 Å². The lowest BCUT2D eigenvalue weighted by Gasteiger charge is -2.27. The summed E-state index contributed by atoms with van der Waals surface area (Å²) in [7, 11) is 0. The van der Waals surface area contributed by atoms with Gasteiger partial charge >= 0.3 is 6.09 Å². The van der Waals surface area contributed by atoms with E-state index in [9.17, 15) is 14.4 Å². The molecule has 0 spiro atoms. The number of carbonyl (C=O) groups is 3. The number of anilines is 2. The number of ether oxygens (including phenoxy) is 3. The van der Waals surface area contributed by atoms with Crippen LogP contribution < -0.4 is 24.6 Å². The molecule has 7 aromatic carbocycles. The molecule has 10 heteroatoms. The van der Waals surface area contributed by atoms with E-state index in [-0.39, 0.29) is 24.5 Å². The first-order valence-electron chi connectivity index (χ1n) is 24.2. The molecule has 352 valence electrons. The van der Waals surface area contributed by atoms with Crippen LogP contribution in [0.3, 0.4) is 0 Å². The molecule has 0 unspecified atom stereocenters. The molecule has 0 atom stereocenters. The van der Waals surface area contributed by atoms with E-state index in [0.29, 0.717) is 61.1 Å². The fourth-order valence-electron chi connectivity index (χ4n) is 9.79. The van der Waals surface area contributed by atoms with Crippen LogP contribution in [0.2, 0.25) is 0 Å². The lowest BCUT2D eigenvalue weighted by molar-refractivity contribution is 0.0977. The van der Waals surface area contributed by atoms with Gasteiger partial charge in [0.1, 0.15) is 18.1 Å². The summed E-state index contributed by atoms with van der Waals surface area (Å²) in [6.45, 7) is 8.19. The summed E-state index contributed by atoms with van der Waals surface area (Å²) < 4.78 is 18.6.